The fraction of sp³-hybridized carbons (Fsp3) is 0.348. The Hall–Kier alpha value is -2.18. The van der Waals surface area contributed by atoms with Gasteiger partial charge in [-0.25, -0.2) is 0 Å². The van der Waals surface area contributed by atoms with Gasteiger partial charge in [-0.3, -0.25) is 19.3 Å². The molecule has 1 aliphatic carbocycles. The van der Waals surface area contributed by atoms with Crippen molar-refractivity contribution < 1.29 is 14.4 Å². The number of hydrogen-bond acceptors (Lipinski definition) is 3. The summed E-state index contributed by atoms with van der Waals surface area (Å²) in [6, 6.07) is 13.6. The Balaban J connectivity index is 1.44. The maximum absolute atomic E-state index is 13.0. The predicted octanol–water partition coefficient (Wildman–Crippen LogP) is 4.92. The highest BCUT2D eigenvalue weighted by molar-refractivity contribution is 9.10. The van der Waals surface area contributed by atoms with Crippen molar-refractivity contribution in [1.82, 2.24) is 4.90 Å². The van der Waals surface area contributed by atoms with E-state index in [1.165, 1.54) is 5.56 Å². The Kier molecular flexibility index (Phi) is 5.98. The van der Waals surface area contributed by atoms with Gasteiger partial charge in [0.1, 0.15) is 6.54 Å². The molecule has 0 bridgehead atoms. The van der Waals surface area contributed by atoms with Crippen molar-refractivity contribution in [3.05, 3.63) is 63.1 Å². The maximum atomic E-state index is 13.0. The molecule has 0 spiro atoms. The molecule has 0 unspecified atom stereocenters. The number of rotatable bonds is 4. The number of halogens is 2. The number of carbonyl (C=O) groups is 3. The zero-order chi connectivity index (χ0) is 21.4. The fourth-order valence-electron chi connectivity index (χ4n) is 4.55. The van der Waals surface area contributed by atoms with E-state index in [9.17, 15) is 14.4 Å². The van der Waals surface area contributed by atoms with Gasteiger partial charge in [0.05, 0.1) is 16.9 Å². The summed E-state index contributed by atoms with van der Waals surface area (Å²) >= 11 is 9.46. The van der Waals surface area contributed by atoms with Crippen molar-refractivity contribution in [1.29, 1.82) is 0 Å². The topological polar surface area (TPSA) is 66.5 Å². The zero-order valence-corrected chi connectivity index (χ0v) is 18.9. The minimum atomic E-state index is -0.406. The first kappa shape index (κ1) is 21.1. The van der Waals surface area contributed by atoms with Gasteiger partial charge in [0, 0.05) is 10.2 Å². The summed E-state index contributed by atoms with van der Waals surface area (Å²) in [5.74, 6) is -1.24. The molecule has 2 aliphatic rings. The summed E-state index contributed by atoms with van der Waals surface area (Å²) in [6.45, 7) is 1.58. The smallest absolute Gasteiger partial charge is 0.244 e. The number of aryl methyl sites for hydroxylation is 1. The lowest BCUT2D eigenvalue weighted by molar-refractivity contribution is -0.142. The van der Waals surface area contributed by atoms with E-state index >= 15 is 0 Å². The van der Waals surface area contributed by atoms with E-state index in [4.69, 9.17) is 11.6 Å². The van der Waals surface area contributed by atoms with Gasteiger partial charge < -0.3 is 5.32 Å². The molecular formula is C23H22BrClN2O3. The molecule has 3 atom stereocenters. The van der Waals surface area contributed by atoms with E-state index in [0.29, 0.717) is 23.6 Å². The summed E-state index contributed by atoms with van der Waals surface area (Å²) in [5, 5.41) is 3.25. The van der Waals surface area contributed by atoms with E-state index < -0.39 is 5.91 Å². The minimum absolute atomic E-state index is 0.225. The Morgan fingerprint density at radius 3 is 2.57 bits per heavy atom. The molecule has 7 heteroatoms. The third-order valence-corrected chi connectivity index (χ3v) is 7.33. The first-order valence-electron chi connectivity index (χ1n) is 10.0. The number of imide groups is 1. The third-order valence-electron chi connectivity index (χ3n) is 6.13. The second-order valence-corrected chi connectivity index (χ2v) is 9.29. The van der Waals surface area contributed by atoms with Crippen molar-refractivity contribution in [3.63, 3.8) is 0 Å². The summed E-state index contributed by atoms with van der Waals surface area (Å²) in [7, 11) is 0. The molecule has 0 radical (unpaired) electrons. The van der Waals surface area contributed by atoms with Crippen LogP contribution in [0.25, 0.3) is 0 Å². The number of likely N-dealkylation sites (tertiary alicyclic amines) is 1. The predicted molar refractivity (Wildman–Crippen MR) is 119 cm³/mol. The van der Waals surface area contributed by atoms with Crippen LogP contribution in [-0.4, -0.2) is 29.2 Å². The molecule has 2 aromatic carbocycles. The summed E-state index contributed by atoms with van der Waals surface area (Å²) in [4.78, 5) is 39.5. The average Bonchev–Trinajstić information content (AvgIpc) is 2.97. The highest BCUT2D eigenvalue weighted by Crippen LogP contribution is 2.44. The van der Waals surface area contributed by atoms with Gasteiger partial charge in [-0.05, 0) is 71.3 Å². The van der Waals surface area contributed by atoms with Gasteiger partial charge in [0.25, 0.3) is 0 Å². The van der Waals surface area contributed by atoms with Gasteiger partial charge in [-0.2, -0.15) is 0 Å². The fourth-order valence-corrected chi connectivity index (χ4v) is 5.17. The molecule has 3 amide bonds. The minimum Gasteiger partial charge on any atom is -0.324 e. The van der Waals surface area contributed by atoms with Crippen molar-refractivity contribution in [3.8, 4) is 0 Å². The van der Waals surface area contributed by atoms with Gasteiger partial charge in [0.2, 0.25) is 17.7 Å². The maximum Gasteiger partial charge on any atom is 0.244 e. The lowest BCUT2D eigenvalue weighted by Gasteiger charge is -2.28. The van der Waals surface area contributed by atoms with E-state index in [2.05, 4.69) is 33.4 Å². The molecule has 1 N–H and O–H groups in total. The number of fused-ring (bicyclic) bond motifs is 1. The highest BCUT2D eigenvalue weighted by atomic mass is 79.9. The molecule has 2 aromatic rings. The molecule has 0 aromatic heterocycles. The largest absolute Gasteiger partial charge is 0.324 e. The molecule has 2 fully saturated rings. The molecule has 5 nitrogen and oxygen atoms in total. The summed E-state index contributed by atoms with van der Waals surface area (Å²) < 4.78 is 0.738. The van der Waals surface area contributed by atoms with Gasteiger partial charge >= 0.3 is 0 Å². The van der Waals surface area contributed by atoms with Crippen LogP contribution in [-0.2, 0) is 14.4 Å². The Bertz CT molecular complexity index is 1010. The molecule has 4 rings (SSSR count). The van der Waals surface area contributed by atoms with Gasteiger partial charge in [-0.1, -0.05) is 41.9 Å². The quantitative estimate of drug-likeness (QED) is 0.620. The molecule has 1 heterocycles. The standard InChI is InChI=1S/C23H22BrClN2O3/c1-13-9-18(24)19(25)11-20(13)26-21(28)12-27-22(29)16-8-7-15(10-17(16)23(27)30)14-5-3-2-4-6-14/h2-6,9,11,15-17H,7-8,10,12H2,1H3,(H,26,28)/t15-,16+,17-/m0/s1. The molecule has 1 aliphatic heterocycles. The number of amides is 3. The van der Waals surface area contributed by atoms with Crippen molar-refractivity contribution in [2.75, 3.05) is 11.9 Å². The van der Waals surface area contributed by atoms with Crippen molar-refractivity contribution >= 4 is 50.9 Å². The first-order valence-corrected chi connectivity index (χ1v) is 11.2. The van der Waals surface area contributed by atoms with Crippen LogP contribution in [0.3, 0.4) is 0 Å². The monoisotopic (exact) mass is 488 g/mol. The number of hydrogen-bond donors (Lipinski definition) is 1. The summed E-state index contributed by atoms with van der Waals surface area (Å²) in [6.07, 6.45) is 2.20. The van der Waals surface area contributed by atoms with Crippen LogP contribution in [0, 0.1) is 18.8 Å². The van der Waals surface area contributed by atoms with Crippen molar-refractivity contribution in [2.45, 2.75) is 32.1 Å². The van der Waals surface area contributed by atoms with Crippen LogP contribution >= 0.6 is 27.5 Å². The average molecular weight is 490 g/mol. The molecular weight excluding hydrogens is 468 g/mol. The van der Waals surface area contributed by atoms with Crippen LogP contribution in [0.4, 0.5) is 5.69 Å². The Morgan fingerprint density at radius 1 is 1.13 bits per heavy atom. The Labute approximate surface area is 188 Å². The first-order chi connectivity index (χ1) is 14.3. The van der Waals surface area contributed by atoms with Gasteiger partial charge in [0.15, 0.2) is 0 Å². The van der Waals surface area contributed by atoms with Crippen LogP contribution < -0.4 is 5.32 Å². The van der Waals surface area contributed by atoms with Crippen LogP contribution in [0.15, 0.2) is 46.9 Å². The third kappa shape index (κ3) is 4.03. The second kappa shape index (κ2) is 8.52. The van der Waals surface area contributed by atoms with Crippen molar-refractivity contribution in [2.24, 2.45) is 11.8 Å². The van der Waals surface area contributed by atoms with E-state index in [1.807, 2.05) is 31.2 Å². The summed E-state index contributed by atoms with van der Waals surface area (Å²) in [5.41, 5.74) is 2.60. The number of anilines is 1. The van der Waals surface area contributed by atoms with Crippen LogP contribution in [0.5, 0.6) is 0 Å². The lowest BCUT2D eigenvalue weighted by atomic mass is 9.73. The number of nitrogens with zero attached hydrogens (tertiary/aromatic N) is 1. The lowest BCUT2D eigenvalue weighted by Crippen LogP contribution is -2.38. The van der Waals surface area contributed by atoms with E-state index in [1.54, 1.807) is 6.07 Å². The Morgan fingerprint density at radius 2 is 1.83 bits per heavy atom. The number of nitrogens with one attached hydrogen (secondary N) is 1. The SMILES string of the molecule is Cc1cc(Br)c(Cl)cc1NC(=O)CN1C(=O)[C@H]2C[C@@H](c3ccccc3)CC[C@H]2C1=O. The zero-order valence-electron chi connectivity index (χ0n) is 16.5. The van der Waals surface area contributed by atoms with E-state index in [-0.39, 0.29) is 36.1 Å². The molecule has 30 heavy (non-hydrogen) atoms. The van der Waals surface area contributed by atoms with Crippen LogP contribution in [0.1, 0.15) is 36.3 Å². The normalized spacial score (nSPS) is 23.4. The van der Waals surface area contributed by atoms with E-state index in [0.717, 1.165) is 21.4 Å². The highest BCUT2D eigenvalue weighted by Gasteiger charge is 2.50. The second-order valence-electron chi connectivity index (χ2n) is 8.03. The molecule has 156 valence electrons. The van der Waals surface area contributed by atoms with Crippen LogP contribution in [0.2, 0.25) is 5.02 Å². The number of benzene rings is 2. The molecule has 1 saturated heterocycles. The molecule has 1 saturated carbocycles. The number of carbonyl (C=O) groups excluding carboxylic acids is 3. The van der Waals surface area contributed by atoms with Gasteiger partial charge in [-0.15, -0.1) is 0 Å².